The molecule has 0 saturated heterocycles. The van der Waals surface area contributed by atoms with Gasteiger partial charge in [0.15, 0.2) is 0 Å². The molecule has 15 heavy (non-hydrogen) atoms. The van der Waals surface area contributed by atoms with Crippen LogP contribution in [-0.4, -0.2) is 11.4 Å². The third-order valence-electron chi connectivity index (χ3n) is 1.95. The zero-order valence-electron chi connectivity index (χ0n) is 7.68. The molecule has 0 heterocycles. The molecular weight excluding hydrogens is 245 g/mol. The second-order valence-electron chi connectivity index (χ2n) is 3.09. The van der Waals surface area contributed by atoms with Crippen molar-refractivity contribution in [3.05, 3.63) is 34.9 Å². The first kappa shape index (κ1) is 12.6. The fraction of sp³-hybridized carbons (Fsp3) is 0.333. The Labute approximate surface area is 96.3 Å². The summed E-state index contributed by atoms with van der Waals surface area (Å²) in [6, 6.07) is 5.23. The van der Waals surface area contributed by atoms with E-state index in [-0.39, 0.29) is 6.42 Å². The Morgan fingerprint density at radius 1 is 1.33 bits per heavy atom. The molecule has 84 valence electrons. The maximum absolute atomic E-state index is 12.7. The minimum Gasteiger partial charge on any atom is -0.271 e. The molecule has 0 radical (unpaired) electrons. The highest BCUT2D eigenvalue weighted by atomic mass is 35.5. The first-order valence-electron chi connectivity index (χ1n) is 4.21. The summed E-state index contributed by atoms with van der Waals surface area (Å²) in [5.74, 6) is 5.00. The maximum Gasteiger partial charge on any atom is 0.338 e. The summed E-state index contributed by atoms with van der Waals surface area (Å²) < 4.78 is 25.5. The predicted molar refractivity (Wildman–Crippen MR) is 57.1 cm³/mol. The number of hydrogen-bond donors (Lipinski definition) is 2. The summed E-state index contributed by atoms with van der Waals surface area (Å²) in [7, 11) is 0. The topological polar surface area (TPSA) is 38.0 Å². The molecule has 1 rings (SSSR count). The Kier molecular flexibility index (Phi) is 4.28. The van der Waals surface area contributed by atoms with Crippen molar-refractivity contribution in [3.63, 3.8) is 0 Å². The number of hydrazine groups is 1. The monoisotopic (exact) mass is 254 g/mol. The SMILES string of the molecule is NNC(Cc1ccc(Cl)cc1)C(F)(F)Cl. The number of rotatable bonds is 4. The van der Waals surface area contributed by atoms with Crippen LogP contribution in [0.2, 0.25) is 5.02 Å². The fourth-order valence-corrected chi connectivity index (χ4v) is 1.39. The van der Waals surface area contributed by atoms with E-state index < -0.39 is 11.4 Å². The Balaban J connectivity index is 2.71. The van der Waals surface area contributed by atoms with E-state index in [9.17, 15) is 8.78 Å². The Morgan fingerprint density at radius 2 is 1.87 bits per heavy atom. The van der Waals surface area contributed by atoms with Gasteiger partial charge in [0.25, 0.3) is 0 Å². The molecule has 0 fully saturated rings. The van der Waals surface area contributed by atoms with Gasteiger partial charge in [0, 0.05) is 5.02 Å². The molecule has 0 bridgehead atoms. The van der Waals surface area contributed by atoms with E-state index in [1.807, 2.05) is 5.43 Å². The highest BCUT2D eigenvalue weighted by molar-refractivity contribution is 6.30. The number of hydrogen-bond acceptors (Lipinski definition) is 2. The quantitative estimate of drug-likeness (QED) is 0.493. The molecule has 0 amide bonds. The standard InChI is InChI=1S/C9H10Cl2F2N2/c10-7-3-1-6(2-4-7)5-8(15-14)9(11,12)13/h1-4,8,15H,5,14H2. The summed E-state index contributed by atoms with van der Waals surface area (Å²) in [6.07, 6.45) is 0.0319. The molecular formula is C9H10Cl2F2N2. The summed E-state index contributed by atoms with van der Waals surface area (Å²) >= 11 is 10.5. The third-order valence-corrected chi connectivity index (χ3v) is 2.46. The normalized spacial score (nSPS) is 13.9. The summed E-state index contributed by atoms with van der Waals surface area (Å²) in [6.45, 7) is 0. The van der Waals surface area contributed by atoms with Crippen LogP contribution < -0.4 is 11.3 Å². The molecule has 3 N–H and O–H groups in total. The first-order chi connectivity index (χ1) is 6.93. The number of benzene rings is 1. The van der Waals surface area contributed by atoms with Gasteiger partial charge in [0.1, 0.15) is 6.04 Å². The van der Waals surface area contributed by atoms with E-state index in [0.29, 0.717) is 10.6 Å². The molecule has 0 saturated carbocycles. The molecule has 1 aromatic rings. The van der Waals surface area contributed by atoms with Crippen LogP contribution in [0.4, 0.5) is 8.78 Å². The van der Waals surface area contributed by atoms with E-state index >= 15 is 0 Å². The van der Waals surface area contributed by atoms with Crippen LogP contribution in [0.5, 0.6) is 0 Å². The molecule has 1 aromatic carbocycles. The van der Waals surface area contributed by atoms with Crippen molar-refractivity contribution in [1.82, 2.24) is 5.43 Å². The van der Waals surface area contributed by atoms with Gasteiger partial charge in [-0.15, -0.1) is 0 Å². The van der Waals surface area contributed by atoms with Gasteiger partial charge in [-0.1, -0.05) is 23.7 Å². The molecule has 2 nitrogen and oxygen atoms in total. The summed E-state index contributed by atoms with van der Waals surface area (Å²) in [5.41, 5.74) is 2.67. The lowest BCUT2D eigenvalue weighted by Gasteiger charge is -2.20. The fourth-order valence-electron chi connectivity index (χ4n) is 1.13. The second kappa shape index (κ2) is 5.07. The zero-order chi connectivity index (χ0) is 11.5. The lowest BCUT2D eigenvalue weighted by atomic mass is 10.1. The van der Waals surface area contributed by atoms with Gasteiger partial charge >= 0.3 is 5.38 Å². The van der Waals surface area contributed by atoms with Crippen LogP contribution in [0.15, 0.2) is 24.3 Å². The summed E-state index contributed by atoms with van der Waals surface area (Å²) in [5, 5.41) is -2.83. The molecule has 0 aliphatic rings. The van der Waals surface area contributed by atoms with Crippen LogP contribution in [0.25, 0.3) is 0 Å². The molecule has 1 atom stereocenters. The summed E-state index contributed by atoms with van der Waals surface area (Å²) in [4.78, 5) is 0. The number of halogens is 4. The number of alkyl halides is 3. The van der Waals surface area contributed by atoms with Crippen LogP contribution in [0.1, 0.15) is 5.56 Å². The van der Waals surface area contributed by atoms with E-state index in [1.165, 1.54) is 0 Å². The van der Waals surface area contributed by atoms with Gasteiger partial charge in [-0.2, -0.15) is 8.78 Å². The van der Waals surface area contributed by atoms with E-state index in [1.54, 1.807) is 24.3 Å². The number of nitrogens with two attached hydrogens (primary N) is 1. The van der Waals surface area contributed by atoms with Crippen molar-refractivity contribution in [3.8, 4) is 0 Å². The van der Waals surface area contributed by atoms with Gasteiger partial charge in [0.2, 0.25) is 0 Å². The van der Waals surface area contributed by atoms with Crippen LogP contribution in [0, 0.1) is 0 Å². The zero-order valence-corrected chi connectivity index (χ0v) is 9.19. The molecule has 0 spiro atoms. The van der Waals surface area contributed by atoms with Crippen molar-refractivity contribution in [1.29, 1.82) is 0 Å². The van der Waals surface area contributed by atoms with Crippen molar-refractivity contribution in [2.24, 2.45) is 5.84 Å². The van der Waals surface area contributed by atoms with Crippen LogP contribution in [-0.2, 0) is 6.42 Å². The van der Waals surface area contributed by atoms with Crippen molar-refractivity contribution < 1.29 is 8.78 Å². The van der Waals surface area contributed by atoms with Gasteiger partial charge < -0.3 is 0 Å². The second-order valence-corrected chi connectivity index (χ2v) is 4.03. The van der Waals surface area contributed by atoms with Gasteiger partial charge in [0.05, 0.1) is 0 Å². The van der Waals surface area contributed by atoms with Gasteiger partial charge in [-0.3, -0.25) is 5.84 Å². The van der Waals surface area contributed by atoms with Crippen LogP contribution in [0.3, 0.4) is 0 Å². The molecule has 6 heteroatoms. The average Bonchev–Trinajstić information content (AvgIpc) is 2.15. The van der Waals surface area contributed by atoms with E-state index in [0.717, 1.165) is 0 Å². The third kappa shape index (κ3) is 3.91. The molecule has 0 aliphatic carbocycles. The highest BCUT2D eigenvalue weighted by Gasteiger charge is 2.36. The minimum absolute atomic E-state index is 0.0319. The lowest BCUT2D eigenvalue weighted by molar-refractivity contribution is 0.0503. The van der Waals surface area contributed by atoms with Crippen molar-refractivity contribution in [2.75, 3.05) is 0 Å². The Bertz CT molecular complexity index is 311. The minimum atomic E-state index is -3.38. The predicted octanol–water partition coefficient (Wildman–Crippen LogP) is 2.55. The highest BCUT2D eigenvalue weighted by Crippen LogP contribution is 2.25. The number of nitrogens with one attached hydrogen (secondary N) is 1. The van der Waals surface area contributed by atoms with Gasteiger partial charge in [-0.25, -0.2) is 5.43 Å². The smallest absolute Gasteiger partial charge is 0.271 e. The molecule has 1 unspecified atom stereocenters. The van der Waals surface area contributed by atoms with E-state index in [4.69, 9.17) is 29.0 Å². The average molecular weight is 255 g/mol. The van der Waals surface area contributed by atoms with Gasteiger partial charge in [-0.05, 0) is 35.7 Å². The van der Waals surface area contributed by atoms with Crippen LogP contribution >= 0.6 is 23.2 Å². The first-order valence-corrected chi connectivity index (χ1v) is 4.96. The Morgan fingerprint density at radius 3 is 2.27 bits per heavy atom. The Hall–Kier alpha value is -0.420. The molecule has 0 aromatic heterocycles. The lowest BCUT2D eigenvalue weighted by Crippen LogP contribution is -2.46. The maximum atomic E-state index is 12.7. The largest absolute Gasteiger partial charge is 0.338 e. The van der Waals surface area contributed by atoms with Crippen molar-refractivity contribution >= 4 is 23.2 Å². The van der Waals surface area contributed by atoms with E-state index in [2.05, 4.69) is 0 Å². The molecule has 0 aliphatic heterocycles. The van der Waals surface area contributed by atoms with Crippen molar-refractivity contribution in [2.45, 2.75) is 17.8 Å².